The number of para-hydroxylation sites is 1. The summed E-state index contributed by atoms with van der Waals surface area (Å²) in [5, 5.41) is 4.42. The van der Waals surface area contributed by atoms with E-state index in [9.17, 15) is 14.4 Å². The summed E-state index contributed by atoms with van der Waals surface area (Å²) in [5.41, 5.74) is 1.61. The first kappa shape index (κ1) is 25.6. The van der Waals surface area contributed by atoms with E-state index in [0.717, 1.165) is 36.9 Å². The molecule has 0 atom stereocenters. The van der Waals surface area contributed by atoms with Crippen molar-refractivity contribution in [2.24, 2.45) is 5.92 Å². The largest absolute Gasteiger partial charge is 0.348 e. The number of aromatic nitrogens is 1. The molecule has 1 N–H and O–H groups in total. The normalized spacial score (nSPS) is 16.6. The van der Waals surface area contributed by atoms with Crippen LogP contribution in [0.4, 0.5) is 16.3 Å². The number of piperidine rings is 1. The molecule has 0 radical (unpaired) electrons. The molecular weight excluding hydrogens is 458 g/mol. The third kappa shape index (κ3) is 6.20. The summed E-state index contributed by atoms with van der Waals surface area (Å²) in [5.74, 6) is 0.243. The number of hydrogen-bond donors (Lipinski definition) is 1. The molecule has 2 aromatic rings. The van der Waals surface area contributed by atoms with Crippen LogP contribution in [-0.4, -0.2) is 59.0 Å². The van der Waals surface area contributed by atoms with Gasteiger partial charge in [0.1, 0.15) is 5.82 Å². The Balaban J connectivity index is 1.47. The van der Waals surface area contributed by atoms with E-state index in [1.807, 2.05) is 36.4 Å². The Bertz CT molecular complexity index is 1050. The Hall–Kier alpha value is -3.46. The number of benzene rings is 1. The zero-order chi connectivity index (χ0) is 25.5. The predicted molar refractivity (Wildman–Crippen MR) is 137 cm³/mol. The van der Waals surface area contributed by atoms with Crippen LogP contribution in [0.3, 0.4) is 0 Å². The molecule has 1 aliphatic heterocycles. The highest BCUT2D eigenvalue weighted by atomic mass is 16.7. The highest BCUT2D eigenvalue weighted by molar-refractivity contribution is 5.93. The molecule has 4 rings (SSSR count). The average molecular weight is 494 g/mol. The van der Waals surface area contributed by atoms with E-state index in [1.54, 1.807) is 36.1 Å². The van der Waals surface area contributed by atoms with E-state index in [2.05, 4.69) is 10.3 Å². The third-order valence-corrected chi connectivity index (χ3v) is 7.07. The first-order valence-electron chi connectivity index (χ1n) is 12.7. The molecule has 192 valence electrons. The molecular formula is C27H35N5O4. The van der Waals surface area contributed by atoms with Gasteiger partial charge in [-0.25, -0.2) is 14.8 Å². The van der Waals surface area contributed by atoms with Crippen LogP contribution in [0.2, 0.25) is 0 Å². The highest BCUT2D eigenvalue weighted by Crippen LogP contribution is 2.27. The van der Waals surface area contributed by atoms with Gasteiger partial charge in [-0.2, -0.15) is 0 Å². The molecule has 0 unspecified atom stereocenters. The molecule has 1 aromatic heterocycles. The molecule has 4 amide bonds. The molecule has 1 saturated carbocycles. The maximum absolute atomic E-state index is 13.6. The van der Waals surface area contributed by atoms with Gasteiger partial charge in [-0.1, -0.05) is 31.0 Å². The number of urea groups is 1. The van der Waals surface area contributed by atoms with Gasteiger partial charge in [-0.15, -0.1) is 0 Å². The van der Waals surface area contributed by atoms with Gasteiger partial charge in [0.25, 0.3) is 0 Å². The summed E-state index contributed by atoms with van der Waals surface area (Å²) in [4.78, 5) is 51.4. The number of carbonyl (C=O) groups excluding carboxylic acids is 3. The van der Waals surface area contributed by atoms with Crippen molar-refractivity contribution in [3.05, 3.63) is 54.2 Å². The third-order valence-electron chi connectivity index (χ3n) is 7.07. The van der Waals surface area contributed by atoms with Crippen LogP contribution >= 0.6 is 0 Å². The molecule has 9 heteroatoms. The van der Waals surface area contributed by atoms with Gasteiger partial charge in [0.2, 0.25) is 11.8 Å². The average Bonchev–Trinajstić information content (AvgIpc) is 3.43. The van der Waals surface area contributed by atoms with Gasteiger partial charge in [-0.05, 0) is 55.5 Å². The minimum atomic E-state index is -0.213. The van der Waals surface area contributed by atoms with Crippen molar-refractivity contribution in [1.29, 1.82) is 0 Å². The Morgan fingerprint density at radius 1 is 1.06 bits per heavy atom. The van der Waals surface area contributed by atoms with Crippen molar-refractivity contribution in [2.75, 3.05) is 30.4 Å². The van der Waals surface area contributed by atoms with Gasteiger partial charge in [0.05, 0.1) is 19.7 Å². The smallest absolute Gasteiger partial charge is 0.343 e. The van der Waals surface area contributed by atoms with Gasteiger partial charge in [0, 0.05) is 37.8 Å². The first-order chi connectivity index (χ1) is 17.5. The Morgan fingerprint density at radius 2 is 1.75 bits per heavy atom. The number of hydrogen-bond acceptors (Lipinski definition) is 5. The van der Waals surface area contributed by atoms with E-state index >= 15 is 0 Å². The monoisotopic (exact) mass is 493 g/mol. The van der Waals surface area contributed by atoms with Crippen molar-refractivity contribution in [3.63, 3.8) is 0 Å². The highest BCUT2D eigenvalue weighted by Gasteiger charge is 2.31. The number of rotatable bonds is 7. The zero-order valence-electron chi connectivity index (χ0n) is 21.1. The van der Waals surface area contributed by atoms with E-state index in [-0.39, 0.29) is 29.8 Å². The van der Waals surface area contributed by atoms with Crippen LogP contribution in [0.25, 0.3) is 0 Å². The fraction of sp³-hybridized carbons (Fsp3) is 0.481. The summed E-state index contributed by atoms with van der Waals surface area (Å²) in [6, 6.07) is 13.0. The number of nitrogens with one attached hydrogen (secondary N) is 1. The number of hydroxylamine groups is 2. The lowest BCUT2D eigenvalue weighted by Gasteiger charge is -2.32. The van der Waals surface area contributed by atoms with Gasteiger partial charge in [-0.3, -0.25) is 19.3 Å². The number of carbonyl (C=O) groups is 3. The van der Waals surface area contributed by atoms with Crippen LogP contribution in [0.15, 0.2) is 48.7 Å². The quantitative estimate of drug-likeness (QED) is 0.583. The van der Waals surface area contributed by atoms with Crippen molar-refractivity contribution in [3.8, 4) is 0 Å². The van der Waals surface area contributed by atoms with Crippen molar-refractivity contribution >= 4 is 29.4 Å². The Morgan fingerprint density at radius 3 is 2.39 bits per heavy atom. The maximum Gasteiger partial charge on any atom is 0.348 e. The molecule has 2 aliphatic rings. The second-order valence-electron chi connectivity index (χ2n) is 9.47. The zero-order valence-corrected chi connectivity index (χ0v) is 21.1. The van der Waals surface area contributed by atoms with Crippen LogP contribution < -0.4 is 10.2 Å². The summed E-state index contributed by atoms with van der Waals surface area (Å²) in [7, 11) is 1.54. The molecule has 0 bridgehead atoms. The lowest BCUT2D eigenvalue weighted by molar-refractivity contribution is -0.132. The topological polar surface area (TPSA) is 95.1 Å². The Labute approximate surface area is 212 Å². The SMILES string of the molecule is CON(C(=O)N(Cc1ccnc(NC(=O)C2CCN(C(C)=O)CC2)c1)c1ccccc1)C1CCCC1. The minimum Gasteiger partial charge on any atom is -0.343 e. The van der Waals surface area contributed by atoms with Crippen LogP contribution in [-0.2, 0) is 21.0 Å². The van der Waals surface area contributed by atoms with Gasteiger partial charge >= 0.3 is 6.03 Å². The van der Waals surface area contributed by atoms with E-state index in [0.29, 0.717) is 38.3 Å². The van der Waals surface area contributed by atoms with Crippen LogP contribution in [0.1, 0.15) is 51.0 Å². The number of likely N-dealkylation sites (tertiary alicyclic amines) is 1. The Kier molecular flexibility index (Phi) is 8.53. The summed E-state index contributed by atoms with van der Waals surface area (Å²) >= 11 is 0. The molecule has 36 heavy (non-hydrogen) atoms. The fourth-order valence-electron chi connectivity index (χ4n) is 5.03. The number of anilines is 2. The number of amides is 4. The molecule has 9 nitrogen and oxygen atoms in total. The number of pyridine rings is 1. The van der Waals surface area contributed by atoms with Crippen molar-refractivity contribution in [2.45, 2.75) is 58.0 Å². The number of nitrogens with zero attached hydrogens (tertiary/aromatic N) is 4. The molecule has 2 fully saturated rings. The standard InChI is InChI=1S/C27H35N5O4/c1-20(33)30-16-13-22(14-17-30)26(34)29-25-18-21(12-15-28-25)19-31(23-8-4-3-5-9-23)27(35)32(36-2)24-10-6-7-11-24/h3-5,8-9,12,15,18,22,24H,6-7,10-11,13-14,16-17,19H2,1-2H3,(H,28,29,34). The summed E-state index contributed by atoms with van der Waals surface area (Å²) < 4.78 is 0. The summed E-state index contributed by atoms with van der Waals surface area (Å²) in [6.07, 6.45) is 6.94. The first-order valence-corrected chi connectivity index (χ1v) is 12.7. The molecule has 1 aromatic carbocycles. The van der Waals surface area contributed by atoms with Crippen LogP contribution in [0, 0.1) is 5.92 Å². The lowest BCUT2D eigenvalue weighted by atomic mass is 9.96. The fourth-order valence-corrected chi connectivity index (χ4v) is 5.03. The molecule has 1 aliphatic carbocycles. The lowest BCUT2D eigenvalue weighted by Crippen LogP contribution is -2.46. The maximum atomic E-state index is 13.6. The molecule has 0 spiro atoms. The second-order valence-corrected chi connectivity index (χ2v) is 9.47. The van der Waals surface area contributed by atoms with E-state index in [4.69, 9.17) is 4.84 Å². The second kappa shape index (κ2) is 12.0. The van der Waals surface area contributed by atoms with E-state index < -0.39 is 0 Å². The molecule has 2 heterocycles. The predicted octanol–water partition coefficient (Wildman–Crippen LogP) is 4.21. The van der Waals surface area contributed by atoms with Crippen molar-refractivity contribution in [1.82, 2.24) is 14.9 Å². The van der Waals surface area contributed by atoms with Gasteiger partial charge in [0.15, 0.2) is 0 Å². The summed E-state index contributed by atoms with van der Waals surface area (Å²) in [6.45, 7) is 3.04. The molecule has 1 saturated heterocycles. The van der Waals surface area contributed by atoms with E-state index in [1.165, 1.54) is 5.06 Å². The van der Waals surface area contributed by atoms with Gasteiger partial charge < -0.3 is 10.2 Å². The minimum absolute atomic E-state index is 0.0423. The van der Waals surface area contributed by atoms with Crippen molar-refractivity contribution < 1.29 is 19.2 Å². The van der Waals surface area contributed by atoms with Crippen LogP contribution in [0.5, 0.6) is 0 Å².